The Balaban J connectivity index is 0.000000826. The average Bonchev–Trinajstić information content (AvgIpc) is 3.37. The number of fused-ring (bicyclic) bond motifs is 1. The maximum Gasteiger partial charge on any atom is 0.341 e. The quantitative estimate of drug-likeness (QED) is 0.314. The van der Waals surface area contributed by atoms with Gasteiger partial charge in [-0.15, -0.1) is 0 Å². The lowest BCUT2D eigenvalue weighted by Gasteiger charge is -2.39. The number of aromatic nitrogens is 5. The minimum absolute atomic E-state index is 0.170. The fourth-order valence-corrected chi connectivity index (χ4v) is 4.38. The van der Waals surface area contributed by atoms with Crippen molar-refractivity contribution >= 4 is 52.0 Å². The maximum absolute atomic E-state index is 12.9. The molecule has 5 heterocycles. The van der Waals surface area contributed by atoms with E-state index in [2.05, 4.69) is 24.6 Å². The molecule has 0 spiro atoms. The summed E-state index contributed by atoms with van der Waals surface area (Å²) in [6.45, 7) is 3.65. The topological polar surface area (TPSA) is 190 Å². The number of nitrogens with zero attached hydrogens (tertiary/aromatic N) is 6. The summed E-state index contributed by atoms with van der Waals surface area (Å²) in [5.41, 5.74) is -0.140. The third-order valence-electron chi connectivity index (χ3n) is 5.69. The molecule has 4 aromatic heterocycles. The molecule has 5 rings (SSSR count). The first kappa shape index (κ1) is 27.1. The van der Waals surface area contributed by atoms with Gasteiger partial charge < -0.3 is 25.2 Å². The predicted molar refractivity (Wildman–Crippen MR) is 141 cm³/mol. The molecule has 1 amide bonds. The number of carbonyl (C=O) groups excluding carboxylic acids is 1. The number of anilines is 2. The lowest BCUT2D eigenvalue weighted by atomic mass is 9.98. The fraction of sp³-hybridized carbons (Fsp3) is 0.250. The number of carboxylic acids is 2. The van der Waals surface area contributed by atoms with Gasteiger partial charge in [-0.1, -0.05) is 6.07 Å². The summed E-state index contributed by atoms with van der Waals surface area (Å²) in [7, 11) is 1.50. The van der Waals surface area contributed by atoms with Crippen molar-refractivity contribution in [3.8, 4) is 11.0 Å². The van der Waals surface area contributed by atoms with E-state index in [-0.39, 0.29) is 28.4 Å². The van der Waals surface area contributed by atoms with E-state index < -0.39 is 17.4 Å². The molecule has 0 aromatic carbocycles. The summed E-state index contributed by atoms with van der Waals surface area (Å²) in [6, 6.07) is 6.83. The van der Waals surface area contributed by atoms with E-state index in [9.17, 15) is 19.5 Å². The van der Waals surface area contributed by atoms with Crippen LogP contribution in [0.15, 0.2) is 41.6 Å². The molecule has 0 radical (unpaired) electrons. The van der Waals surface area contributed by atoms with Gasteiger partial charge in [0, 0.05) is 43.8 Å². The van der Waals surface area contributed by atoms with E-state index in [0.717, 1.165) is 18.5 Å². The molecule has 1 fully saturated rings. The van der Waals surface area contributed by atoms with Crippen LogP contribution >= 0.6 is 11.5 Å². The molecule has 39 heavy (non-hydrogen) atoms. The largest absolute Gasteiger partial charge is 0.481 e. The normalized spacial score (nSPS) is 12.7. The number of methoxy groups -OCH3 is 1. The second-order valence-corrected chi connectivity index (χ2v) is 9.20. The van der Waals surface area contributed by atoms with Crippen molar-refractivity contribution in [1.29, 1.82) is 0 Å². The second kappa shape index (κ2) is 11.2. The number of ether oxygens (including phenoxy) is 1. The van der Waals surface area contributed by atoms with E-state index in [1.54, 1.807) is 31.2 Å². The Morgan fingerprint density at radius 2 is 1.90 bits per heavy atom. The summed E-state index contributed by atoms with van der Waals surface area (Å²) >= 11 is 1.05. The minimum Gasteiger partial charge on any atom is -0.481 e. The predicted octanol–water partition coefficient (Wildman–Crippen LogP) is 1.81. The van der Waals surface area contributed by atoms with Crippen LogP contribution in [0.1, 0.15) is 22.8 Å². The van der Waals surface area contributed by atoms with Gasteiger partial charge in [0.05, 0.1) is 18.4 Å². The Kier molecular flexibility index (Phi) is 7.80. The van der Waals surface area contributed by atoms with Gasteiger partial charge in [0.2, 0.25) is 22.3 Å². The highest BCUT2D eigenvalue weighted by Gasteiger charge is 2.34. The average molecular weight is 554 g/mol. The molecule has 0 atom stereocenters. The summed E-state index contributed by atoms with van der Waals surface area (Å²) in [5.74, 6) is -1.24. The summed E-state index contributed by atoms with van der Waals surface area (Å²) < 4.78 is 10.5. The Labute approximate surface area is 224 Å². The number of carbonyl (C=O) groups is 3. The van der Waals surface area contributed by atoms with E-state index in [1.807, 2.05) is 4.90 Å². The van der Waals surface area contributed by atoms with Crippen molar-refractivity contribution in [3.05, 3.63) is 58.1 Å². The van der Waals surface area contributed by atoms with Crippen LogP contribution in [-0.4, -0.2) is 72.2 Å². The van der Waals surface area contributed by atoms with Crippen LogP contribution in [0.3, 0.4) is 0 Å². The number of aryl methyl sites for hydroxylation is 1. The van der Waals surface area contributed by atoms with Crippen molar-refractivity contribution in [2.75, 3.05) is 30.4 Å². The third-order valence-corrected chi connectivity index (χ3v) is 6.35. The number of aromatic carboxylic acids is 1. The van der Waals surface area contributed by atoms with Gasteiger partial charge in [-0.05, 0) is 24.6 Å². The fourth-order valence-electron chi connectivity index (χ4n) is 3.87. The highest BCUT2D eigenvalue weighted by atomic mass is 32.1. The van der Waals surface area contributed by atoms with Crippen molar-refractivity contribution in [1.82, 2.24) is 23.9 Å². The molecular formula is C24H23N7O7S. The zero-order chi connectivity index (χ0) is 28.3. The van der Waals surface area contributed by atoms with E-state index in [1.165, 1.54) is 24.2 Å². The number of aliphatic carboxylic acids is 1. The zero-order valence-corrected chi connectivity index (χ0v) is 21.8. The van der Waals surface area contributed by atoms with Gasteiger partial charge in [-0.2, -0.15) is 9.36 Å². The third kappa shape index (κ3) is 5.82. The molecule has 1 saturated heterocycles. The van der Waals surface area contributed by atoms with Crippen LogP contribution < -0.4 is 20.4 Å². The van der Waals surface area contributed by atoms with Crippen molar-refractivity contribution < 1.29 is 29.3 Å². The van der Waals surface area contributed by atoms with Gasteiger partial charge in [0.1, 0.15) is 23.5 Å². The number of pyridine rings is 3. The van der Waals surface area contributed by atoms with Crippen LogP contribution in [-0.2, 0) is 9.59 Å². The van der Waals surface area contributed by atoms with E-state index in [0.29, 0.717) is 41.3 Å². The second-order valence-electron chi connectivity index (χ2n) is 8.44. The van der Waals surface area contributed by atoms with Gasteiger partial charge in [0.15, 0.2) is 5.65 Å². The molecule has 1 aliphatic rings. The Morgan fingerprint density at radius 1 is 1.18 bits per heavy atom. The van der Waals surface area contributed by atoms with Crippen LogP contribution in [0.2, 0.25) is 0 Å². The van der Waals surface area contributed by atoms with E-state index >= 15 is 0 Å². The SMILES string of the molecule is CC(=O)O.COc1cccc(NC(=O)C2CN(c3cc(C)c4c(=O)c(C(=O)O)cn(-c5ncns5)c4n3)C2)n1. The van der Waals surface area contributed by atoms with Gasteiger partial charge in [-0.3, -0.25) is 19.0 Å². The first-order valence-electron chi connectivity index (χ1n) is 11.4. The highest BCUT2D eigenvalue weighted by molar-refractivity contribution is 7.08. The van der Waals surface area contributed by atoms with E-state index in [4.69, 9.17) is 14.6 Å². The molecule has 0 unspecified atom stereocenters. The number of nitrogens with one attached hydrogen (secondary N) is 1. The molecule has 0 bridgehead atoms. The number of hydrogen-bond donors (Lipinski definition) is 3. The molecule has 3 N–H and O–H groups in total. The number of hydrogen-bond acceptors (Lipinski definition) is 11. The van der Waals surface area contributed by atoms with Crippen molar-refractivity contribution in [3.63, 3.8) is 0 Å². The lowest BCUT2D eigenvalue weighted by Crippen LogP contribution is -2.52. The minimum atomic E-state index is -1.33. The monoisotopic (exact) mass is 553 g/mol. The molecule has 202 valence electrons. The number of carboxylic acid groups (broad SMARTS) is 2. The van der Waals surface area contributed by atoms with Crippen LogP contribution in [0.5, 0.6) is 5.88 Å². The molecule has 15 heteroatoms. The van der Waals surface area contributed by atoms with Gasteiger partial charge >= 0.3 is 5.97 Å². The van der Waals surface area contributed by atoms with Crippen LogP contribution in [0.25, 0.3) is 16.2 Å². The first-order chi connectivity index (χ1) is 18.6. The van der Waals surface area contributed by atoms with Gasteiger partial charge in [0.25, 0.3) is 5.97 Å². The molecular weight excluding hydrogens is 530 g/mol. The molecule has 4 aromatic rings. The lowest BCUT2D eigenvalue weighted by molar-refractivity contribution is -0.134. The Hall–Kier alpha value is -4.92. The first-order valence-corrected chi connectivity index (χ1v) is 12.2. The van der Waals surface area contributed by atoms with Crippen molar-refractivity contribution in [2.24, 2.45) is 5.92 Å². The maximum atomic E-state index is 12.9. The Morgan fingerprint density at radius 3 is 2.51 bits per heavy atom. The van der Waals surface area contributed by atoms with Crippen molar-refractivity contribution in [2.45, 2.75) is 13.8 Å². The Bertz CT molecular complexity index is 1610. The van der Waals surface area contributed by atoms with Gasteiger partial charge in [-0.25, -0.2) is 14.8 Å². The smallest absolute Gasteiger partial charge is 0.341 e. The molecule has 0 saturated carbocycles. The zero-order valence-electron chi connectivity index (χ0n) is 21.0. The number of amides is 1. The molecule has 1 aliphatic heterocycles. The standard InChI is InChI=1S/C22H19N7O5S.C2H4O2/c1-11-6-15(28-7-12(8-28)20(31)26-14-4-3-5-16(25-14)34-2)27-19-17(11)18(30)13(21(32)33)9-29(19)22-23-10-24-35-22;1-2(3)4/h3-6,9-10,12H,7-8H2,1-2H3,(H,32,33)(H,25,26,31);1H3,(H,3,4). The van der Waals surface area contributed by atoms with Crippen LogP contribution in [0, 0.1) is 12.8 Å². The summed E-state index contributed by atoms with van der Waals surface area (Å²) in [5, 5.41) is 20.3. The van der Waals surface area contributed by atoms with Crippen LogP contribution in [0.4, 0.5) is 11.6 Å². The molecule has 0 aliphatic carbocycles. The molecule has 14 nitrogen and oxygen atoms in total. The highest BCUT2D eigenvalue weighted by Crippen LogP contribution is 2.28. The summed E-state index contributed by atoms with van der Waals surface area (Å²) in [6.07, 6.45) is 2.56. The summed E-state index contributed by atoms with van der Waals surface area (Å²) in [4.78, 5) is 61.1. The number of rotatable bonds is 6.